The Kier molecular flexibility index (Phi) is 2.46. The number of aromatic nitrogens is 3. The van der Waals surface area contributed by atoms with Gasteiger partial charge in [0.05, 0.1) is 23.1 Å². The summed E-state index contributed by atoms with van der Waals surface area (Å²) in [4.78, 5) is 21.1. The van der Waals surface area contributed by atoms with Gasteiger partial charge in [0.25, 0.3) is 0 Å². The summed E-state index contributed by atoms with van der Waals surface area (Å²) in [5, 5.41) is 10.7. The third-order valence-electron chi connectivity index (χ3n) is 2.93. The highest BCUT2D eigenvalue weighted by Crippen LogP contribution is 2.32. The number of rotatable bonds is 3. The van der Waals surface area contributed by atoms with Crippen LogP contribution in [0.5, 0.6) is 0 Å². The van der Waals surface area contributed by atoms with Crippen molar-refractivity contribution < 1.29 is 9.90 Å². The van der Waals surface area contributed by atoms with Gasteiger partial charge in [-0.15, -0.1) is 0 Å². The van der Waals surface area contributed by atoms with E-state index in [1.54, 1.807) is 24.7 Å². The number of nitrogens with one attached hydrogen (secondary N) is 2. The van der Waals surface area contributed by atoms with Gasteiger partial charge >= 0.3 is 0 Å². The van der Waals surface area contributed by atoms with E-state index < -0.39 is 6.10 Å². The van der Waals surface area contributed by atoms with Crippen LogP contribution in [-0.4, -0.2) is 26.3 Å². The van der Waals surface area contributed by atoms with Crippen LogP contribution in [-0.2, 0) is 4.79 Å². The molecular weight excluding hydrogens is 230 g/mol. The van der Waals surface area contributed by atoms with Crippen molar-refractivity contribution in [1.29, 1.82) is 0 Å². The number of nitrogens with zero attached hydrogens (tertiary/aromatic N) is 1. The number of carbonyl (C=O) groups excluding carboxylic acids is 1. The molecule has 0 aliphatic rings. The maximum atomic E-state index is 10.9. The average Bonchev–Trinajstić information content (AvgIpc) is 3.04. The van der Waals surface area contributed by atoms with Crippen LogP contribution >= 0.6 is 0 Å². The van der Waals surface area contributed by atoms with E-state index in [9.17, 15) is 9.90 Å². The lowest BCUT2D eigenvalue weighted by Gasteiger charge is -2.05. The molecule has 0 aliphatic heterocycles. The van der Waals surface area contributed by atoms with Crippen LogP contribution in [0.25, 0.3) is 22.3 Å². The highest BCUT2D eigenvalue weighted by Gasteiger charge is 2.19. The third kappa shape index (κ3) is 1.53. The van der Waals surface area contributed by atoms with Gasteiger partial charge in [-0.2, -0.15) is 0 Å². The predicted molar refractivity (Wildman–Crippen MR) is 66.9 cm³/mol. The second-order valence-electron chi connectivity index (χ2n) is 4.00. The van der Waals surface area contributed by atoms with Crippen molar-refractivity contribution in [3.63, 3.8) is 0 Å². The fourth-order valence-electron chi connectivity index (χ4n) is 2.14. The molecule has 3 rings (SSSR count). The zero-order chi connectivity index (χ0) is 12.5. The van der Waals surface area contributed by atoms with Crippen LogP contribution in [0.2, 0.25) is 0 Å². The molecule has 0 amide bonds. The molecule has 18 heavy (non-hydrogen) atoms. The fraction of sp³-hybridized carbons (Fsp3) is 0.0769. The molecule has 0 aromatic carbocycles. The van der Waals surface area contributed by atoms with Crippen molar-refractivity contribution in [3.05, 3.63) is 42.4 Å². The molecule has 0 spiro atoms. The summed E-state index contributed by atoms with van der Waals surface area (Å²) in [6, 6.07) is 5.51. The number of aliphatic hydroxyl groups is 1. The van der Waals surface area contributed by atoms with Gasteiger partial charge in [0, 0.05) is 23.3 Å². The summed E-state index contributed by atoms with van der Waals surface area (Å²) >= 11 is 0. The summed E-state index contributed by atoms with van der Waals surface area (Å²) in [5.41, 5.74) is 2.90. The molecular formula is C13H11N3O2. The molecule has 0 fully saturated rings. The first-order valence-electron chi connectivity index (χ1n) is 5.54. The highest BCUT2D eigenvalue weighted by molar-refractivity contribution is 5.92. The second kappa shape index (κ2) is 4.12. The van der Waals surface area contributed by atoms with Gasteiger partial charge in [0.1, 0.15) is 6.10 Å². The Hall–Kier alpha value is -2.40. The number of aliphatic hydroxyl groups excluding tert-OH is 1. The first-order chi connectivity index (χ1) is 8.81. The molecule has 0 bridgehead atoms. The van der Waals surface area contributed by atoms with Gasteiger partial charge in [-0.05, 0) is 18.2 Å². The maximum absolute atomic E-state index is 10.9. The van der Waals surface area contributed by atoms with E-state index in [-0.39, 0.29) is 0 Å². The Bertz CT molecular complexity index is 685. The number of pyridine rings is 1. The zero-order valence-electron chi connectivity index (χ0n) is 9.42. The van der Waals surface area contributed by atoms with Crippen LogP contribution in [0.4, 0.5) is 0 Å². The molecule has 1 unspecified atom stereocenters. The van der Waals surface area contributed by atoms with E-state index in [2.05, 4.69) is 15.0 Å². The maximum Gasteiger partial charge on any atom is 0.153 e. The van der Waals surface area contributed by atoms with Gasteiger partial charge in [0.15, 0.2) is 6.29 Å². The molecule has 90 valence electrons. The lowest BCUT2D eigenvalue weighted by molar-refractivity contribution is -0.115. The first-order valence-corrected chi connectivity index (χ1v) is 5.54. The number of aromatic amines is 2. The monoisotopic (exact) mass is 241 g/mol. The van der Waals surface area contributed by atoms with Gasteiger partial charge in [0.2, 0.25) is 0 Å². The van der Waals surface area contributed by atoms with Crippen molar-refractivity contribution in [2.75, 3.05) is 0 Å². The van der Waals surface area contributed by atoms with E-state index >= 15 is 0 Å². The van der Waals surface area contributed by atoms with Crippen molar-refractivity contribution in [2.24, 2.45) is 0 Å². The third-order valence-corrected chi connectivity index (χ3v) is 2.93. The minimum atomic E-state index is -1.15. The molecule has 1 atom stereocenters. The smallest absolute Gasteiger partial charge is 0.153 e. The quantitative estimate of drug-likeness (QED) is 0.611. The molecule has 3 N–H and O–H groups in total. The van der Waals surface area contributed by atoms with Gasteiger partial charge in [-0.1, -0.05) is 0 Å². The van der Waals surface area contributed by atoms with Gasteiger partial charge in [-0.25, -0.2) is 0 Å². The number of fused-ring (bicyclic) bond motifs is 1. The van der Waals surface area contributed by atoms with E-state index in [0.717, 1.165) is 16.6 Å². The largest absolute Gasteiger partial charge is 0.381 e. The molecule has 3 aromatic rings. The Balaban J connectivity index is 2.33. The lowest BCUT2D eigenvalue weighted by Crippen LogP contribution is -1.99. The predicted octanol–water partition coefficient (Wildman–Crippen LogP) is 1.79. The molecule has 0 radical (unpaired) electrons. The van der Waals surface area contributed by atoms with Gasteiger partial charge in [-0.3, -0.25) is 4.98 Å². The van der Waals surface area contributed by atoms with E-state index in [4.69, 9.17) is 0 Å². The van der Waals surface area contributed by atoms with E-state index in [1.165, 1.54) is 0 Å². The van der Waals surface area contributed by atoms with Crippen molar-refractivity contribution >= 4 is 17.2 Å². The van der Waals surface area contributed by atoms with Crippen LogP contribution < -0.4 is 0 Å². The second-order valence-corrected chi connectivity index (χ2v) is 4.00. The van der Waals surface area contributed by atoms with Crippen molar-refractivity contribution in [1.82, 2.24) is 15.0 Å². The molecule has 5 nitrogen and oxygen atoms in total. The normalized spacial score (nSPS) is 12.7. The minimum Gasteiger partial charge on any atom is -0.381 e. The number of H-pyrrole nitrogens is 2. The zero-order valence-corrected chi connectivity index (χ0v) is 9.42. The first kappa shape index (κ1) is 10.7. The topological polar surface area (TPSA) is 81.8 Å². The van der Waals surface area contributed by atoms with E-state index in [1.807, 2.05) is 12.1 Å². The molecule has 3 aromatic heterocycles. The molecule has 0 aliphatic carbocycles. The van der Waals surface area contributed by atoms with Crippen LogP contribution in [0.3, 0.4) is 0 Å². The SMILES string of the molecule is O=CC(O)c1c(-c2ccc[nH]2)[nH]c2cnccc12. The van der Waals surface area contributed by atoms with Crippen LogP contribution in [0.15, 0.2) is 36.8 Å². The lowest BCUT2D eigenvalue weighted by atomic mass is 10.1. The Morgan fingerprint density at radius 3 is 3.00 bits per heavy atom. The number of carbonyl (C=O) groups is 1. The summed E-state index contributed by atoms with van der Waals surface area (Å²) in [6.07, 6.45) is 4.46. The van der Waals surface area contributed by atoms with Crippen molar-refractivity contribution in [2.45, 2.75) is 6.10 Å². The van der Waals surface area contributed by atoms with Crippen LogP contribution in [0.1, 0.15) is 11.7 Å². The summed E-state index contributed by atoms with van der Waals surface area (Å²) < 4.78 is 0. The minimum absolute atomic E-state index is 0.523. The fourth-order valence-corrected chi connectivity index (χ4v) is 2.14. The number of aldehydes is 1. The Labute approximate surface area is 102 Å². The number of hydrogen-bond acceptors (Lipinski definition) is 3. The standard InChI is InChI=1S/C13H11N3O2/c17-7-11(18)12-8-3-5-14-6-10(8)16-13(12)9-2-1-4-15-9/h1-7,11,15-16,18H. The Morgan fingerprint density at radius 1 is 1.39 bits per heavy atom. The average molecular weight is 241 g/mol. The number of hydrogen-bond donors (Lipinski definition) is 3. The van der Waals surface area contributed by atoms with Crippen molar-refractivity contribution in [3.8, 4) is 11.4 Å². The summed E-state index contributed by atoms with van der Waals surface area (Å²) in [6.45, 7) is 0. The van der Waals surface area contributed by atoms with E-state index in [0.29, 0.717) is 17.5 Å². The molecule has 3 heterocycles. The molecule has 5 heteroatoms. The summed E-state index contributed by atoms with van der Waals surface area (Å²) in [5.74, 6) is 0. The Morgan fingerprint density at radius 2 is 2.28 bits per heavy atom. The molecule has 0 saturated carbocycles. The van der Waals surface area contributed by atoms with Crippen LogP contribution in [0, 0.1) is 0 Å². The molecule has 0 saturated heterocycles. The summed E-state index contributed by atoms with van der Waals surface area (Å²) in [7, 11) is 0. The highest BCUT2D eigenvalue weighted by atomic mass is 16.3. The van der Waals surface area contributed by atoms with Gasteiger partial charge < -0.3 is 19.9 Å².